The second-order valence-electron chi connectivity index (χ2n) is 5.90. The smallest absolute Gasteiger partial charge is 0.302 e. The van der Waals surface area contributed by atoms with Crippen LogP contribution in [-0.4, -0.2) is 22.2 Å². The number of hydrogen-bond donors (Lipinski definition) is 1. The maximum Gasteiger partial charge on any atom is 0.302 e. The first kappa shape index (κ1) is 16.7. The molecule has 0 bridgehead atoms. The van der Waals surface area contributed by atoms with Gasteiger partial charge in [0.2, 0.25) is 5.88 Å². The molecule has 2 aromatic carbocycles. The van der Waals surface area contributed by atoms with Crippen molar-refractivity contribution in [2.24, 2.45) is 17.3 Å². The highest BCUT2D eigenvalue weighted by molar-refractivity contribution is 5.95. The fraction of sp³-hybridized carbons (Fsp3) is 0.211. The number of amides is 1. The molecule has 128 valence electrons. The number of carbonyl (C=O) groups is 1. The molecular formula is C19H19N3O3. The highest BCUT2D eigenvalue weighted by Crippen LogP contribution is 2.37. The first-order chi connectivity index (χ1) is 12.0. The van der Waals surface area contributed by atoms with Gasteiger partial charge in [-0.1, -0.05) is 30.3 Å². The van der Waals surface area contributed by atoms with E-state index < -0.39 is 5.91 Å². The summed E-state index contributed by atoms with van der Waals surface area (Å²) in [5.41, 5.74) is 3.09. The zero-order valence-corrected chi connectivity index (χ0v) is 14.4. The Morgan fingerprint density at radius 3 is 2.76 bits per heavy atom. The van der Waals surface area contributed by atoms with E-state index in [1.807, 2.05) is 56.3 Å². The third kappa shape index (κ3) is 3.38. The van der Waals surface area contributed by atoms with Gasteiger partial charge in [-0.05, 0) is 37.1 Å². The van der Waals surface area contributed by atoms with Gasteiger partial charge in [-0.25, -0.2) is 0 Å². The van der Waals surface area contributed by atoms with Gasteiger partial charge in [-0.15, -0.1) is 10.2 Å². The maximum absolute atomic E-state index is 12.0. The van der Waals surface area contributed by atoms with Gasteiger partial charge in [0.05, 0.1) is 5.52 Å². The summed E-state index contributed by atoms with van der Waals surface area (Å²) < 4.78 is 7.12. The average Bonchev–Trinajstić information content (AvgIpc) is 2.85. The number of nitrogens with zero attached hydrogens (tertiary/aromatic N) is 3. The number of aromatic hydroxyl groups is 1. The molecular weight excluding hydrogens is 318 g/mol. The van der Waals surface area contributed by atoms with E-state index in [0.29, 0.717) is 5.75 Å². The second kappa shape index (κ2) is 6.76. The number of rotatable bonds is 4. The minimum absolute atomic E-state index is 0.0341. The van der Waals surface area contributed by atoms with Crippen LogP contribution in [-0.2, 0) is 11.8 Å². The van der Waals surface area contributed by atoms with Crippen molar-refractivity contribution in [2.75, 3.05) is 6.61 Å². The highest BCUT2D eigenvalue weighted by Gasteiger charge is 2.14. The molecule has 1 N–H and O–H groups in total. The van der Waals surface area contributed by atoms with Crippen LogP contribution in [0.25, 0.3) is 10.9 Å². The lowest BCUT2D eigenvalue weighted by Crippen LogP contribution is -2.08. The van der Waals surface area contributed by atoms with Crippen LogP contribution in [0.4, 0.5) is 5.69 Å². The van der Waals surface area contributed by atoms with Crippen LogP contribution in [0.15, 0.2) is 52.7 Å². The molecule has 1 amide bonds. The van der Waals surface area contributed by atoms with Crippen LogP contribution >= 0.6 is 0 Å². The van der Waals surface area contributed by atoms with E-state index >= 15 is 0 Å². The van der Waals surface area contributed by atoms with E-state index in [0.717, 1.165) is 22.0 Å². The molecule has 0 atom stereocenters. The summed E-state index contributed by atoms with van der Waals surface area (Å²) in [5, 5.41) is 18.5. The lowest BCUT2D eigenvalue weighted by Gasteiger charge is -2.07. The quantitative estimate of drug-likeness (QED) is 0.725. The number of aryl methyl sites for hydroxylation is 3. The minimum Gasteiger partial charge on any atom is -0.493 e. The topological polar surface area (TPSA) is 76.2 Å². The molecule has 0 aliphatic heterocycles. The van der Waals surface area contributed by atoms with Crippen molar-refractivity contribution < 1.29 is 14.6 Å². The Hall–Kier alpha value is -3.15. The third-order valence-electron chi connectivity index (χ3n) is 4.01. The number of aromatic nitrogens is 1. The summed E-state index contributed by atoms with van der Waals surface area (Å²) in [6.45, 7) is 3.66. The van der Waals surface area contributed by atoms with Gasteiger partial charge in [-0.3, -0.25) is 4.79 Å². The molecule has 3 rings (SSSR count). The zero-order valence-electron chi connectivity index (χ0n) is 14.4. The summed E-state index contributed by atoms with van der Waals surface area (Å²) in [6.07, 6.45) is 0. The highest BCUT2D eigenvalue weighted by atomic mass is 16.5. The SMILES string of the molecule is Cc1ccc(C)c(OCC(=O)N=Nc2c(O)n(C)c3ccccc23)c1. The van der Waals surface area contributed by atoms with Gasteiger partial charge in [0.15, 0.2) is 12.3 Å². The number of ether oxygens (including phenoxy) is 1. The molecule has 1 aromatic heterocycles. The Morgan fingerprint density at radius 2 is 1.96 bits per heavy atom. The van der Waals surface area contributed by atoms with Gasteiger partial charge >= 0.3 is 5.91 Å². The normalized spacial score (nSPS) is 11.3. The van der Waals surface area contributed by atoms with Gasteiger partial charge in [0, 0.05) is 12.4 Å². The molecule has 6 nitrogen and oxygen atoms in total. The van der Waals surface area contributed by atoms with Crippen LogP contribution in [0.2, 0.25) is 0 Å². The second-order valence-corrected chi connectivity index (χ2v) is 5.90. The molecule has 0 radical (unpaired) electrons. The first-order valence-electron chi connectivity index (χ1n) is 7.88. The Balaban J connectivity index is 1.75. The minimum atomic E-state index is -0.520. The molecule has 25 heavy (non-hydrogen) atoms. The monoisotopic (exact) mass is 337 g/mol. The van der Waals surface area contributed by atoms with E-state index in [1.54, 1.807) is 11.6 Å². The van der Waals surface area contributed by atoms with E-state index in [1.165, 1.54) is 0 Å². The number of carbonyl (C=O) groups excluding carboxylic acids is 1. The first-order valence-corrected chi connectivity index (χ1v) is 7.88. The maximum atomic E-state index is 12.0. The van der Waals surface area contributed by atoms with Gasteiger partial charge in [0.25, 0.3) is 0 Å². The summed E-state index contributed by atoms with van der Waals surface area (Å²) in [4.78, 5) is 12.0. The van der Waals surface area contributed by atoms with E-state index in [2.05, 4.69) is 10.2 Å². The summed E-state index contributed by atoms with van der Waals surface area (Å²) in [5.74, 6) is 0.0954. The summed E-state index contributed by atoms with van der Waals surface area (Å²) in [7, 11) is 1.72. The molecule has 0 saturated heterocycles. The van der Waals surface area contributed by atoms with Crippen LogP contribution in [0.5, 0.6) is 11.6 Å². The van der Waals surface area contributed by atoms with Crippen molar-refractivity contribution in [3.05, 3.63) is 53.6 Å². The van der Waals surface area contributed by atoms with Crippen LogP contribution in [0.3, 0.4) is 0 Å². The largest absolute Gasteiger partial charge is 0.493 e. The Morgan fingerprint density at radius 1 is 1.20 bits per heavy atom. The van der Waals surface area contributed by atoms with E-state index in [-0.39, 0.29) is 18.2 Å². The molecule has 0 saturated carbocycles. The van der Waals surface area contributed by atoms with Crippen molar-refractivity contribution in [3.8, 4) is 11.6 Å². The third-order valence-corrected chi connectivity index (χ3v) is 4.01. The summed E-state index contributed by atoms with van der Waals surface area (Å²) >= 11 is 0. The molecule has 3 aromatic rings. The Kier molecular flexibility index (Phi) is 4.52. The molecule has 0 fully saturated rings. The van der Waals surface area contributed by atoms with E-state index in [4.69, 9.17) is 4.74 Å². The Labute approximate surface area is 145 Å². The Bertz CT molecular complexity index is 973. The summed E-state index contributed by atoms with van der Waals surface area (Å²) in [6, 6.07) is 13.2. The van der Waals surface area contributed by atoms with Crippen molar-refractivity contribution in [1.29, 1.82) is 0 Å². The lowest BCUT2D eigenvalue weighted by atomic mass is 10.1. The lowest BCUT2D eigenvalue weighted by molar-refractivity contribution is -0.120. The van der Waals surface area contributed by atoms with Crippen molar-refractivity contribution in [2.45, 2.75) is 13.8 Å². The zero-order chi connectivity index (χ0) is 18.0. The van der Waals surface area contributed by atoms with E-state index in [9.17, 15) is 9.90 Å². The van der Waals surface area contributed by atoms with Crippen LogP contribution < -0.4 is 4.74 Å². The van der Waals surface area contributed by atoms with Crippen molar-refractivity contribution in [1.82, 2.24) is 4.57 Å². The van der Waals surface area contributed by atoms with Crippen molar-refractivity contribution in [3.63, 3.8) is 0 Å². The van der Waals surface area contributed by atoms with Crippen molar-refractivity contribution >= 4 is 22.5 Å². The van der Waals surface area contributed by atoms with Crippen LogP contribution in [0.1, 0.15) is 11.1 Å². The molecule has 0 unspecified atom stereocenters. The predicted molar refractivity (Wildman–Crippen MR) is 95.5 cm³/mol. The van der Waals surface area contributed by atoms with Crippen LogP contribution in [0, 0.1) is 13.8 Å². The number of azo groups is 1. The molecule has 6 heteroatoms. The van der Waals surface area contributed by atoms with Gasteiger partial charge < -0.3 is 14.4 Å². The molecule has 0 aliphatic rings. The molecule has 1 heterocycles. The fourth-order valence-corrected chi connectivity index (χ4v) is 2.60. The molecule has 0 aliphatic carbocycles. The number of benzene rings is 2. The van der Waals surface area contributed by atoms with Gasteiger partial charge in [0.1, 0.15) is 5.75 Å². The number of para-hydroxylation sites is 1. The average molecular weight is 337 g/mol. The van der Waals surface area contributed by atoms with Gasteiger partial charge in [-0.2, -0.15) is 0 Å². The number of hydrogen-bond acceptors (Lipinski definition) is 4. The fourth-order valence-electron chi connectivity index (χ4n) is 2.60. The predicted octanol–water partition coefficient (Wildman–Crippen LogP) is 4.19. The standard InChI is InChI=1S/C19H19N3O3/c1-12-8-9-13(2)16(10-12)25-11-17(23)20-21-18-14-6-4-5-7-15(14)22(3)19(18)24/h4-10,24H,11H2,1-3H3. The number of fused-ring (bicyclic) bond motifs is 1. The molecule has 0 spiro atoms.